The van der Waals surface area contributed by atoms with Crippen molar-refractivity contribution in [2.45, 2.75) is 0 Å². The first-order valence-corrected chi connectivity index (χ1v) is 17.3. The highest BCUT2D eigenvalue weighted by molar-refractivity contribution is 6.19. The van der Waals surface area contributed by atoms with Crippen molar-refractivity contribution in [1.82, 2.24) is 0 Å². The van der Waals surface area contributed by atoms with Crippen LogP contribution in [0.1, 0.15) is 0 Å². The van der Waals surface area contributed by atoms with E-state index in [9.17, 15) is 0 Å². The van der Waals surface area contributed by atoms with E-state index in [1.54, 1.807) is 0 Å². The SMILES string of the molecule is c1ccc2c(-c3ccc(N(c4ccc5c(ccc6ccccc65)c4)c4ccc5c(c4)oc4ccccc45)c4c3oc3ccccc34)cccc2c1. The van der Waals surface area contributed by atoms with Crippen LogP contribution in [0, 0.1) is 0 Å². The lowest BCUT2D eigenvalue weighted by Crippen LogP contribution is -2.10. The summed E-state index contributed by atoms with van der Waals surface area (Å²) in [4.78, 5) is 2.36. The Balaban J connectivity index is 1.22. The third-order valence-corrected chi connectivity index (χ3v) is 10.4. The highest BCUT2D eigenvalue weighted by atomic mass is 16.3. The van der Waals surface area contributed by atoms with Gasteiger partial charge in [-0.25, -0.2) is 0 Å². The number of para-hydroxylation sites is 2. The fourth-order valence-electron chi connectivity index (χ4n) is 8.09. The third kappa shape index (κ3) is 4.25. The topological polar surface area (TPSA) is 29.5 Å². The van der Waals surface area contributed by atoms with Gasteiger partial charge in [0, 0.05) is 39.2 Å². The minimum absolute atomic E-state index is 0.853. The van der Waals surface area contributed by atoms with Crippen LogP contribution in [0.2, 0.25) is 0 Å². The lowest BCUT2D eigenvalue weighted by molar-refractivity contribution is 0.669. The normalized spacial score (nSPS) is 11.9. The molecule has 238 valence electrons. The van der Waals surface area contributed by atoms with E-state index in [1.807, 2.05) is 18.2 Å². The number of rotatable bonds is 4. The Morgan fingerprint density at radius 3 is 1.76 bits per heavy atom. The molecule has 0 unspecified atom stereocenters. The van der Waals surface area contributed by atoms with E-state index >= 15 is 0 Å². The highest BCUT2D eigenvalue weighted by Gasteiger charge is 2.24. The van der Waals surface area contributed by atoms with E-state index in [2.05, 4.69) is 163 Å². The molecule has 11 aromatic rings. The van der Waals surface area contributed by atoms with E-state index in [-0.39, 0.29) is 0 Å². The van der Waals surface area contributed by atoms with Crippen LogP contribution >= 0.6 is 0 Å². The zero-order chi connectivity index (χ0) is 33.5. The maximum absolute atomic E-state index is 6.83. The molecule has 0 N–H and O–H groups in total. The van der Waals surface area contributed by atoms with Gasteiger partial charge < -0.3 is 13.7 Å². The number of anilines is 3. The Hall–Kier alpha value is -6.84. The van der Waals surface area contributed by atoms with Crippen LogP contribution in [0.3, 0.4) is 0 Å². The number of nitrogens with zero attached hydrogens (tertiary/aromatic N) is 1. The molecule has 0 aliphatic heterocycles. The second-order valence-electron chi connectivity index (χ2n) is 13.3. The lowest BCUT2D eigenvalue weighted by Gasteiger charge is -2.27. The van der Waals surface area contributed by atoms with Crippen molar-refractivity contribution >= 4 is 93.3 Å². The van der Waals surface area contributed by atoms with Crippen molar-refractivity contribution in [1.29, 1.82) is 0 Å². The quantitative estimate of drug-likeness (QED) is 0.177. The van der Waals surface area contributed by atoms with Gasteiger partial charge in [-0.1, -0.05) is 121 Å². The van der Waals surface area contributed by atoms with Gasteiger partial charge in [0.15, 0.2) is 0 Å². The molecule has 0 bridgehead atoms. The smallest absolute Gasteiger partial charge is 0.145 e. The zero-order valence-corrected chi connectivity index (χ0v) is 27.5. The molecule has 0 aliphatic rings. The molecule has 0 fully saturated rings. The zero-order valence-electron chi connectivity index (χ0n) is 27.5. The van der Waals surface area contributed by atoms with Crippen molar-refractivity contribution in [2.75, 3.05) is 4.90 Å². The molecule has 0 saturated carbocycles. The van der Waals surface area contributed by atoms with Crippen LogP contribution in [-0.2, 0) is 0 Å². The number of hydrogen-bond acceptors (Lipinski definition) is 3. The number of furan rings is 2. The van der Waals surface area contributed by atoms with Gasteiger partial charge in [-0.2, -0.15) is 0 Å². The fourth-order valence-corrected chi connectivity index (χ4v) is 8.09. The molecule has 51 heavy (non-hydrogen) atoms. The van der Waals surface area contributed by atoms with Gasteiger partial charge in [0.2, 0.25) is 0 Å². The average Bonchev–Trinajstić information content (AvgIpc) is 3.77. The van der Waals surface area contributed by atoms with Crippen molar-refractivity contribution in [3.05, 3.63) is 176 Å². The minimum Gasteiger partial charge on any atom is -0.456 e. The Bertz CT molecular complexity index is 3160. The van der Waals surface area contributed by atoms with Crippen LogP contribution in [0.15, 0.2) is 185 Å². The van der Waals surface area contributed by atoms with E-state index < -0.39 is 0 Å². The van der Waals surface area contributed by atoms with Crippen molar-refractivity contribution in [3.63, 3.8) is 0 Å². The second-order valence-corrected chi connectivity index (χ2v) is 13.3. The molecule has 2 heterocycles. The van der Waals surface area contributed by atoms with E-state index in [1.165, 1.54) is 32.3 Å². The van der Waals surface area contributed by atoms with Crippen molar-refractivity contribution in [3.8, 4) is 11.1 Å². The fraction of sp³-hybridized carbons (Fsp3) is 0. The summed E-state index contributed by atoms with van der Waals surface area (Å²) < 4.78 is 13.3. The lowest BCUT2D eigenvalue weighted by atomic mass is 9.95. The molecule has 0 amide bonds. The first-order chi connectivity index (χ1) is 25.3. The molecule has 0 saturated heterocycles. The van der Waals surface area contributed by atoms with Gasteiger partial charge in [-0.05, 0) is 86.4 Å². The molecule has 2 aromatic heterocycles. The molecule has 0 atom stereocenters. The van der Waals surface area contributed by atoms with Crippen molar-refractivity contribution < 1.29 is 8.83 Å². The van der Waals surface area contributed by atoms with Gasteiger partial charge >= 0.3 is 0 Å². The summed E-state index contributed by atoms with van der Waals surface area (Å²) in [7, 11) is 0. The predicted molar refractivity (Wildman–Crippen MR) is 214 cm³/mol. The third-order valence-electron chi connectivity index (χ3n) is 10.4. The number of fused-ring (bicyclic) bond motifs is 10. The Morgan fingerprint density at radius 1 is 0.333 bits per heavy atom. The molecule has 9 aromatic carbocycles. The number of benzene rings is 9. The van der Waals surface area contributed by atoms with Gasteiger partial charge in [0.05, 0.1) is 11.1 Å². The van der Waals surface area contributed by atoms with Crippen LogP contribution < -0.4 is 4.90 Å². The maximum Gasteiger partial charge on any atom is 0.145 e. The Morgan fingerprint density at radius 2 is 0.922 bits per heavy atom. The van der Waals surface area contributed by atoms with E-state index in [0.29, 0.717) is 0 Å². The summed E-state index contributed by atoms with van der Waals surface area (Å²) >= 11 is 0. The Kier molecular flexibility index (Phi) is 5.96. The first-order valence-electron chi connectivity index (χ1n) is 17.3. The largest absolute Gasteiger partial charge is 0.456 e. The molecule has 0 radical (unpaired) electrons. The molecule has 3 heteroatoms. The standard InChI is InChI=1S/C48H29NO2/c1-4-14-36-30(10-1)12-9-17-38(36)41-26-27-43(47-42-16-6-8-19-45(42)51-48(41)47)49(34-23-25-40-39-15-5-7-18-44(39)50-46(40)29-34)33-22-24-37-32(28-33)21-20-31-11-2-3-13-35(31)37/h1-29H. The monoisotopic (exact) mass is 651 g/mol. The average molecular weight is 652 g/mol. The first kappa shape index (κ1) is 28.0. The van der Waals surface area contributed by atoms with Crippen molar-refractivity contribution in [2.24, 2.45) is 0 Å². The van der Waals surface area contributed by atoms with Crippen LogP contribution in [0.5, 0.6) is 0 Å². The van der Waals surface area contributed by atoms with Crippen LogP contribution in [0.25, 0.3) is 87.3 Å². The summed E-state index contributed by atoms with van der Waals surface area (Å²) in [6.07, 6.45) is 0. The molecular weight excluding hydrogens is 623 g/mol. The molecular formula is C48H29NO2. The minimum atomic E-state index is 0.853. The highest BCUT2D eigenvalue weighted by Crippen LogP contribution is 2.48. The predicted octanol–water partition coefficient (Wildman–Crippen LogP) is 14.1. The second kappa shape index (κ2) is 10.8. The maximum atomic E-state index is 6.83. The Labute approximate surface area is 293 Å². The van der Waals surface area contributed by atoms with E-state index in [0.717, 1.165) is 72.1 Å². The summed E-state index contributed by atoms with van der Waals surface area (Å²) in [6.45, 7) is 0. The summed E-state index contributed by atoms with van der Waals surface area (Å²) in [6, 6.07) is 62.6. The summed E-state index contributed by atoms with van der Waals surface area (Å²) in [5, 5.41) is 11.7. The summed E-state index contributed by atoms with van der Waals surface area (Å²) in [5.74, 6) is 0. The van der Waals surface area contributed by atoms with Gasteiger partial charge in [0.25, 0.3) is 0 Å². The molecule has 0 spiro atoms. The van der Waals surface area contributed by atoms with Crippen LogP contribution in [-0.4, -0.2) is 0 Å². The van der Waals surface area contributed by atoms with Gasteiger partial charge in [-0.15, -0.1) is 0 Å². The van der Waals surface area contributed by atoms with Gasteiger partial charge in [0.1, 0.15) is 22.3 Å². The molecule has 0 aliphatic carbocycles. The van der Waals surface area contributed by atoms with Gasteiger partial charge in [-0.3, -0.25) is 0 Å². The van der Waals surface area contributed by atoms with E-state index in [4.69, 9.17) is 8.83 Å². The number of hydrogen-bond donors (Lipinski definition) is 0. The summed E-state index contributed by atoms with van der Waals surface area (Å²) in [5.41, 5.74) is 8.78. The molecule has 11 rings (SSSR count). The van der Waals surface area contributed by atoms with Crippen LogP contribution in [0.4, 0.5) is 17.1 Å². The molecule has 3 nitrogen and oxygen atoms in total.